The van der Waals surface area contributed by atoms with Gasteiger partial charge in [0.25, 0.3) is 10.0 Å². The monoisotopic (exact) mass is 771 g/mol. The molecule has 49 heavy (non-hydrogen) atoms. The van der Waals surface area contributed by atoms with Crippen LogP contribution in [0.1, 0.15) is 24.5 Å². The number of carbonyl (C=O) groups excluding carboxylic acids is 2. The molecule has 0 radical (unpaired) electrons. The Hall–Kier alpha value is -4.26. The number of carbonyl (C=O) groups is 2. The Balaban J connectivity index is 1.88. The lowest BCUT2D eigenvalue weighted by Crippen LogP contribution is -2.53. The molecule has 1 atom stereocenters. The molecular formula is C36H39BrClN3O7S. The summed E-state index contributed by atoms with van der Waals surface area (Å²) >= 11 is 9.88. The highest BCUT2D eigenvalue weighted by atomic mass is 79.9. The molecule has 1 N–H and O–H groups in total. The molecule has 0 spiro atoms. The first kappa shape index (κ1) is 37.6. The second-order valence-corrected chi connectivity index (χ2v) is 14.2. The lowest BCUT2D eigenvalue weighted by atomic mass is 10.0. The van der Waals surface area contributed by atoms with Crippen molar-refractivity contribution in [2.24, 2.45) is 0 Å². The Kier molecular flexibility index (Phi) is 13.3. The Morgan fingerprint density at radius 1 is 0.837 bits per heavy atom. The van der Waals surface area contributed by atoms with Gasteiger partial charge in [-0.1, -0.05) is 76.9 Å². The maximum absolute atomic E-state index is 14.7. The maximum atomic E-state index is 14.7. The third kappa shape index (κ3) is 9.46. The van der Waals surface area contributed by atoms with Crippen LogP contribution in [-0.4, -0.2) is 65.6 Å². The number of halogens is 2. The third-order valence-corrected chi connectivity index (χ3v) is 10.2. The summed E-state index contributed by atoms with van der Waals surface area (Å²) in [5, 5.41) is 3.16. The lowest BCUT2D eigenvalue weighted by molar-refractivity contribution is -0.140. The summed E-state index contributed by atoms with van der Waals surface area (Å²) in [6.07, 6.45) is 0.883. The van der Waals surface area contributed by atoms with Gasteiger partial charge in [-0.2, -0.15) is 0 Å². The number of nitrogens with zero attached hydrogens (tertiary/aromatic N) is 2. The number of hydrogen-bond acceptors (Lipinski definition) is 7. The standard InChI is InChI=1S/C36H39BrClN3O7S/c1-5-18-39-36(43)31(20-25-10-7-6-8-11-25)40(23-26-12-9-13-27(37)19-26)35(42)24-41(30-21-28(38)14-16-32(30)46-2)49(44,45)29-15-17-33(47-3)34(22-29)48-4/h6-17,19,21-22,31H,5,18,20,23-24H2,1-4H3,(H,39,43). The first-order valence-corrected chi connectivity index (χ1v) is 18.1. The van der Waals surface area contributed by atoms with Crippen molar-refractivity contribution in [3.05, 3.63) is 112 Å². The van der Waals surface area contributed by atoms with E-state index >= 15 is 0 Å². The highest BCUT2D eigenvalue weighted by Crippen LogP contribution is 2.37. The topological polar surface area (TPSA) is 114 Å². The summed E-state index contributed by atoms with van der Waals surface area (Å²) in [5.74, 6) is -0.310. The summed E-state index contributed by atoms with van der Waals surface area (Å²) in [5.41, 5.74) is 1.60. The number of ether oxygens (including phenoxy) is 3. The molecular weight excluding hydrogens is 734 g/mol. The van der Waals surface area contributed by atoms with E-state index in [1.807, 2.05) is 61.5 Å². The zero-order valence-electron chi connectivity index (χ0n) is 27.7. The molecule has 0 saturated heterocycles. The molecule has 4 aromatic carbocycles. The number of amides is 2. The molecule has 0 heterocycles. The Morgan fingerprint density at radius 3 is 2.16 bits per heavy atom. The predicted octanol–water partition coefficient (Wildman–Crippen LogP) is 6.49. The van der Waals surface area contributed by atoms with Crippen LogP contribution in [0, 0.1) is 0 Å². The van der Waals surface area contributed by atoms with Gasteiger partial charge in [-0.05, 0) is 60.0 Å². The zero-order valence-corrected chi connectivity index (χ0v) is 30.8. The molecule has 0 saturated carbocycles. The van der Waals surface area contributed by atoms with Crippen molar-refractivity contribution < 1.29 is 32.2 Å². The molecule has 0 fully saturated rings. The van der Waals surface area contributed by atoms with Gasteiger partial charge in [-0.25, -0.2) is 8.42 Å². The number of nitrogens with one attached hydrogen (secondary N) is 1. The minimum Gasteiger partial charge on any atom is -0.495 e. The summed E-state index contributed by atoms with van der Waals surface area (Å²) in [6.45, 7) is 1.68. The van der Waals surface area contributed by atoms with E-state index in [-0.39, 0.29) is 46.0 Å². The van der Waals surface area contributed by atoms with E-state index in [2.05, 4.69) is 21.2 Å². The second kappa shape index (κ2) is 17.4. The van der Waals surface area contributed by atoms with Crippen molar-refractivity contribution in [1.29, 1.82) is 0 Å². The number of methoxy groups -OCH3 is 3. The van der Waals surface area contributed by atoms with Crippen LogP contribution < -0.4 is 23.8 Å². The number of anilines is 1. The number of sulfonamides is 1. The molecule has 10 nitrogen and oxygen atoms in total. The average Bonchev–Trinajstić information content (AvgIpc) is 3.10. The highest BCUT2D eigenvalue weighted by Gasteiger charge is 2.36. The van der Waals surface area contributed by atoms with Gasteiger partial charge in [-0.3, -0.25) is 13.9 Å². The molecule has 1 unspecified atom stereocenters. The molecule has 0 bridgehead atoms. The van der Waals surface area contributed by atoms with Crippen molar-refractivity contribution in [2.75, 3.05) is 38.7 Å². The molecule has 4 aromatic rings. The predicted molar refractivity (Wildman–Crippen MR) is 194 cm³/mol. The molecule has 0 aliphatic carbocycles. The highest BCUT2D eigenvalue weighted by molar-refractivity contribution is 9.10. The fourth-order valence-corrected chi connectivity index (χ4v) is 7.27. The van der Waals surface area contributed by atoms with Crippen molar-refractivity contribution in [2.45, 2.75) is 37.2 Å². The van der Waals surface area contributed by atoms with Crippen LogP contribution in [0.2, 0.25) is 5.02 Å². The average molecular weight is 773 g/mol. The van der Waals surface area contributed by atoms with Gasteiger partial charge < -0.3 is 24.4 Å². The molecule has 260 valence electrons. The molecule has 0 aliphatic heterocycles. The molecule has 2 amide bonds. The van der Waals surface area contributed by atoms with Gasteiger partial charge in [0.1, 0.15) is 18.3 Å². The smallest absolute Gasteiger partial charge is 0.265 e. The fraction of sp³-hybridized carbons (Fsp3) is 0.278. The SMILES string of the molecule is CCCNC(=O)C(Cc1ccccc1)N(Cc1cccc(Br)c1)C(=O)CN(c1cc(Cl)ccc1OC)S(=O)(=O)c1ccc(OC)c(OC)c1. The van der Waals surface area contributed by atoms with Crippen molar-refractivity contribution in [1.82, 2.24) is 10.2 Å². The minimum absolute atomic E-state index is 0.0201. The number of hydrogen-bond donors (Lipinski definition) is 1. The zero-order chi connectivity index (χ0) is 35.6. The van der Waals surface area contributed by atoms with Gasteiger partial charge in [0, 0.05) is 35.1 Å². The second-order valence-electron chi connectivity index (χ2n) is 11.0. The Bertz CT molecular complexity index is 1860. The summed E-state index contributed by atoms with van der Waals surface area (Å²) in [4.78, 5) is 29.8. The van der Waals surface area contributed by atoms with E-state index in [0.29, 0.717) is 18.7 Å². The molecule has 13 heteroatoms. The first-order chi connectivity index (χ1) is 23.5. The van der Waals surface area contributed by atoms with Gasteiger partial charge in [0.05, 0.1) is 31.9 Å². The molecule has 0 aromatic heterocycles. The van der Waals surface area contributed by atoms with Crippen LogP contribution in [0.4, 0.5) is 5.69 Å². The summed E-state index contributed by atoms with van der Waals surface area (Å²) < 4.78 is 47.1. The van der Waals surface area contributed by atoms with Gasteiger partial charge >= 0.3 is 0 Å². The molecule has 0 aliphatic rings. The Labute approximate surface area is 301 Å². The molecule has 4 rings (SSSR count). The van der Waals surface area contributed by atoms with Crippen molar-refractivity contribution in [3.63, 3.8) is 0 Å². The van der Waals surface area contributed by atoms with Crippen molar-refractivity contribution >= 4 is 55.1 Å². The van der Waals surface area contributed by atoms with Gasteiger partial charge in [0.15, 0.2) is 11.5 Å². The van der Waals surface area contributed by atoms with Crippen LogP contribution >= 0.6 is 27.5 Å². The van der Waals surface area contributed by atoms with Gasteiger partial charge in [-0.15, -0.1) is 0 Å². The first-order valence-electron chi connectivity index (χ1n) is 15.5. The fourth-order valence-electron chi connectivity index (χ4n) is 5.23. The quantitative estimate of drug-likeness (QED) is 0.139. The van der Waals surface area contributed by atoms with Crippen LogP contribution in [0.3, 0.4) is 0 Å². The van der Waals surface area contributed by atoms with Crippen molar-refractivity contribution in [3.8, 4) is 17.2 Å². The number of benzene rings is 4. The Morgan fingerprint density at radius 2 is 1.51 bits per heavy atom. The van der Waals surface area contributed by atoms with Crippen LogP contribution in [0.15, 0.2) is 100 Å². The number of rotatable bonds is 16. The third-order valence-electron chi connectivity index (χ3n) is 7.69. The van der Waals surface area contributed by atoms with E-state index in [9.17, 15) is 18.0 Å². The lowest BCUT2D eigenvalue weighted by Gasteiger charge is -2.34. The van der Waals surface area contributed by atoms with E-state index in [1.165, 1.54) is 56.6 Å². The van der Waals surface area contributed by atoms with E-state index in [1.54, 1.807) is 6.07 Å². The largest absolute Gasteiger partial charge is 0.495 e. The van der Waals surface area contributed by atoms with Gasteiger partial charge in [0.2, 0.25) is 11.8 Å². The normalized spacial score (nSPS) is 11.7. The summed E-state index contributed by atoms with van der Waals surface area (Å²) in [7, 11) is -0.257. The van der Waals surface area contributed by atoms with E-state index in [4.69, 9.17) is 25.8 Å². The minimum atomic E-state index is -4.48. The van der Waals surface area contributed by atoms with E-state index in [0.717, 1.165) is 19.9 Å². The maximum Gasteiger partial charge on any atom is 0.265 e. The van der Waals surface area contributed by atoms with Crippen LogP contribution in [0.25, 0.3) is 0 Å². The van der Waals surface area contributed by atoms with Crippen LogP contribution in [0.5, 0.6) is 17.2 Å². The summed E-state index contributed by atoms with van der Waals surface area (Å²) in [6, 6.07) is 24.4. The van der Waals surface area contributed by atoms with Crippen LogP contribution in [-0.2, 0) is 32.6 Å². The van der Waals surface area contributed by atoms with E-state index < -0.39 is 28.5 Å².